The molecule has 0 spiro atoms. The minimum Gasteiger partial charge on any atom is -0.130 e. The van der Waals surface area contributed by atoms with Crippen molar-refractivity contribution in [3.05, 3.63) is 23.3 Å². The van der Waals surface area contributed by atoms with Crippen LogP contribution in [0.15, 0.2) is 23.3 Å². The molecule has 0 aliphatic rings. The molecule has 0 bridgehead atoms. The zero-order valence-corrected chi connectivity index (χ0v) is 10.8. The van der Waals surface area contributed by atoms with E-state index in [0.717, 1.165) is 6.42 Å². The van der Waals surface area contributed by atoms with E-state index in [1.54, 1.807) is 0 Å². The van der Waals surface area contributed by atoms with Gasteiger partial charge in [0.15, 0.2) is 0 Å². The fraction of sp³-hybridized carbons (Fsp3) is 0.667. The fourth-order valence-corrected chi connectivity index (χ4v) is 1.81. The van der Waals surface area contributed by atoms with Crippen LogP contribution < -0.4 is 0 Å². The van der Waals surface area contributed by atoms with Crippen LogP contribution in [-0.2, 0) is 0 Å². The van der Waals surface area contributed by atoms with E-state index in [-0.39, 0.29) is 0 Å². The van der Waals surface area contributed by atoms with Gasteiger partial charge < -0.3 is 0 Å². The first-order valence-electron chi connectivity index (χ1n) is 4.92. The summed E-state index contributed by atoms with van der Waals surface area (Å²) in [5.41, 5.74) is 4.83. The Labute approximate surface area is 85.7 Å². The Morgan fingerprint density at radius 1 is 1.23 bits per heavy atom. The van der Waals surface area contributed by atoms with Gasteiger partial charge in [-0.2, -0.15) is 0 Å². The highest BCUT2D eigenvalue weighted by Gasteiger charge is 2.13. The molecule has 13 heavy (non-hydrogen) atoms. The summed E-state index contributed by atoms with van der Waals surface area (Å²) in [7, 11) is 2.95. The molecule has 0 aliphatic carbocycles. The molecule has 76 valence electrons. The van der Waals surface area contributed by atoms with E-state index in [0.29, 0.717) is 11.6 Å². The maximum Gasteiger partial charge on any atom is -0.00270 e. The standard InChI is InChI=1S/C12H23P/c1-8(2)7-11(9(3)4)12(13)10(5)6/h10,12H,1,7,13H2,2-6H3. The topological polar surface area (TPSA) is 0 Å². The van der Waals surface area contributed by atoms with E-state index in [9.17, 15) is 0 Å². The summed E-state index contributed by atoms with van der Waals surface area (Å²) in [6.07, 6.45) is 1.05. The quantitative estimate of drug-likeness (QED) is 0.469. The minimum atomic E-state index is 0.599. The normalized spacial score (nSPS) is 12.8. The van der Waals surface area contributed by atoms with Crippen LogP contribution >= 0.6 is 9.24 Å². The van der Waals surface area contributed by atoms with E-state index in [1.165, 1.54) is 16.7 Å². The highest BCUT2D eigenvalue weighted by atomic mass is 31.0. The number of allylic oxidation sites excluding steroid dienone is 3. The monoisotopic (exact) mass is 198 g/mol. The average molecular weight is 198 g/mol. The van der Waals surface area contributed by atoms with Crippen LogP contribution in [0.25, 0.3) is 0 Å². The van der Waals surface area contributed by atoms with Crippen molar-refractivity contribution in [2.45, 2.75) is 46.7 Å². The van der Waals surface area contributed by atoms with Crippen molar-refractivity contribution >= 4 is 9.24 Å². The Morgan fingerprint density at radius 3 is 1.92 bits per heavy atom. The summed E-state index contributed by atoms with van der Waals surface area (Å²) in [4.78, 5) is 0. The number of hydrogen-bond acceptors (Lipinski definition) is 0. The van der Waals surface area contributed by atoms with Gasteiger partial charge in [0, 0.05) is 0 Å². The van der Waals surface area contributed by atoms with E-state index in [2.05, 4.69) is 50.4 Å². The van der Waals surface area contributed by atoms with Crippen molar-refractivity contribution in [2.75, 3.05) is 0 Å². The van der Waals surface area contributed by atoms with Crippen molar-refractivity contribution in [3.63, 3.8) is 0 Å². The molecule has 2 atom stereocenters. The van der Waals surface area contributed by atoms with Crippen molar-refractivity contribution < 1.29 is 0 Å². The van der Waals surface area contributed by atoms with Crippen molar-refractivity contribution in [3.8, 4) is 0 Å². The summed E-state index contributed by atoms with van der Waals surface area (Å²) in [6.45, 7) is 15.0. The van der Waals surface area contributed by atoms with Crippen LogP contribution in [0.2, 0.25) is 0 Å². The molecule has 0 N–H and O–H groups in total. The Balaban J connectivity index is 4.64. The Morgan fingerprint density at radius 2 is 1.69 bits per heavy atom. The molecule has 0 amide bonds. The van der Waals surface area contributed by atoms with Gasteiger partial charge in [0.05, 0.1) is 0 Å². The molecular weight excluding hydrogens is 175 g/mol. The van der Waals surface area contributed by atoms with Crippen LogP contribution in [0.3, 0.4) is 0 Å². The Bertz CT molecular complexity index is 207. The van der Waals surface area contributed by atoms with Gasteiger partial charge in [0.2, 0.25) is 0 Å². The largest absolute Gasteiger partial charge is 0.130 e. The predicted molar refractivity (Wildman–Crippen MR) is 66.1 cm³/mol. The lowest BCUT2D eigenvalue weighted by Crippen LogP contribution is -2.12. The second-order valence-corrected chi connectivity index (χ2v) is 5.15. The molecule has 0 aromatic carbocycles. The van der Waals surface area contributed by atoms with Crippen LogP contribution in [0.5, 0.6) is 0 Å². The minimum absolute atomic E-state index is 0.599. The molecule has 0 saturated carbocycles. The van der Waals surface area contributed by atoms with Crippen LogP contribution in [0, 0.1) is 5.92 Å². The smallest absolute Gasteiger partial charge is 0.00270 e. The third-order valence-electron chi connectivity index (χ3n) is 2.26. The highest BCUT2D eigenvalue weighted by Crippen LogP contribution is 2.28. The average Bonchev–Trinajstić information content (AvgIpc) is 1.97. The molecule has 0 nitrogen and oxygen atoms in total. The molecule has 0 radical (unpaired) electrons. The maximum atomic E-state index is 3.98. The number of hydrogen-bond donors (Lipinski definition) is 0. The van der Waals surface area contributed by atoms with Crippen LogP contribution in [0.4, 0.5) is 0 Å². The van der Waals surface area contributed by atoms with Gasteiger partial charge in [-0.1, -0.05) is 37.1 Å². The SMILES string of the molecule is C=C(C)CC(=C(C)C)C(P)C(C)C. The molecule has 1 heteroatoms. The zero-order chi connectivity index (χ0) is 10.6. The molecule has 0 rings (SSSR count). The van der Waals surface area contributed by atoms with Crippen molar-refractivity contribution in [2.24, 2.45) is 5.92 Å². The molecule has 2 unspecified atom stereocenters. The summed E-state index contributed by atoms with van der Waals surface area (Å²) in [5.74, 6) is 0.689. The first kappa shape index (κ1) is 12.9. The van der Waals surface area contributed by atoms with E-state index >= 15 is 0 Å². The summed E-state index contributed by atoms with van der Waals surface area (Å²) < 4.78 is 0. The third kappa shape index (κ3) is 4.62. The van der Waals surface area contributed by atoms with E-state index < -0.39 is 0 Å². The first-order chi connectivity index (χ1) is 5.86. The molecule has 0 fully saturated rings. The lowest BCUT2D eigenvalue weighted by molar-refractivity contribution is 0.643. The van der Waals surface area contributed by atoms with Crippen LogP contribution in [0.1, 0.15) is 41.0 Å². The van der Waals surface area contributed by atoms with Gasteiger partial charge in [0.25, 0.3) is 0 Å². The summed E-state index contributed by atoms with van der Waals surface area (Å²) >= 11 is 0. The van der Waals surface area contributed by atoms with Gasteiger partial charge in [0.1, 0.15) is 0 Å². The van der Waals surface area contributed by atoms with Gasteiger partial charge in [-0.25, -0.2) is 0 Å². The lowest BCUT2D eigenvalue weighted by Gasteiger charge is -2.21. The van der Waals surface area contributed by atoms with Gasteiger partial charge >= 0.3 is 0 Å². The summed E-state index contributed by atoms with van der Waals surface area (Å²) in [6, 6.07) is 0. The Hall–Kier alpha value is -0.0900. The zero-order valence-electron chi connectivity index (χ0n) is 9.65. The van der Waals surface area contributed by atoms with Crippen LogP contribution in [-0.4, -0.2) is 5.66 Å². The highest BCUT2D eigenvalue weighted by molar-refractivity contribution is 7.18. The van der Waals surface area contributed by atoms with Gasteiger partial charge in [-0.3, -0.25) is 0 Å². The molecule has 0 aromatic heterocycles. The molecule has 0 saturated heterocycles. The Kier molecular flexibility index (Phi) is 5.56. The van der Waals surface area contributed by atoms with Gasteiger partial charge in [-0.15, -0.1) is 9.24 Å². The predicted octanol–water partition coefficient (Wildman–Crippen LogP) is 4.19. The lowest BCUT2D eigenvalue weighted by atomic mass is 9.93. The molecular formula is C12H23P. The van der Waals surface area contributed by atoms with Crippen molar-refractivity contribution in [1.82, 2.24) is 0 Å². The van der Waals surface area contributed by atoms with Crippen molar-refractivity contribution in [1.29, 1.82) is 0 Å². The molecule has 0 aliphatic heterocycles. The summed E-state index contributed by atoms with van der Waals surface area (Å²) in [5, 5.41) is 0. The third-order valence-corrected chi connectivity index (χ3v) is 3.43. The second-order valence-electron chi connectivity index (χ2n) is 4.43. The number of rotatable bonds is 4. The molecule has 0 heterocycles. The molecule has 0 aromatic rings. The fourth-order valence-electron chi connectivity index (χ4n) is 1.36. The maximum absolute atomic E-state index is 3.98. The van der Waals surface area contributed by atoms with E-state index in [1.807, 2.05) is 0 Å². The first-order valence-corrected chi connectivity index (χ1v) is 5.59. The van der Waals surface area contributed by atoms with E-state index in [4.69, 9.17) is 0 Å². The van der Waals surface area contributed by atoms with Gasteiger partial charge in [-0.05, 0) is 38.8 Å². The second kappa shape index (κ2) is 5.60.